The summed E-state index contributed by atoms with van der Waals surface area (Å²) in [5, 5.41) is 0. The average Bonchev–Trinajstić information content (AvgIpc) is 3.07. The van der Waals surface area contributed by atoms with E-state index in [9.17, 15) is 4.79 Å². The molecule has 1 aliphatic heterocycles. The minimum Gasteiger partial charge on any atom is -0.461 e. The van der Waals surface area contributed by atoms with Crippen LogP contribution >= 0.6 is 0 Å². The molecule has 1 aromatic heterocycles. The summed E-state index contributed by atoms with van der Waals surface area (Å²) in [6.07, 6.45) is 1.66. The highest BCUT2D eigenvalue weighted by atomic mass is 16.5. The Kier molecular flexibility index (Phi) is 4.77. The van der Waals surface area contributed by atoms with Crippen molar-refractivity contribution in [3.05, 3.63) is 82.9 Å². The second kappa shape index (κ2) is 7.53. The van der Waals surface area contributed by atoms with E-state index in [4.69, 9.17) is 9.73 Å². The highest BCUT2D eigenvalue weighted by molar-refractivity contribution is 6.15. The van der Waals surface area contributed by atoms with Crippen molar-refractivity contribution in [3.63, 3.8) is 0 Å². The molecule has 138 valence electrons. The van der Waals surface area contributed by atoms with Crippen molar-refractivity contribution in [2.24, 2.45) is 4.99 Å². The standard InChI is InChI=1S/C23H19N3O2/c1-3-8-16-11-12-19-18(13-16)21(17-9-6-5-7-10-17)24-14-20-22(23(27)28-4-2)25-15-26(19)20/h5-7,9-13,15H,4,14H2,1-2H3. The van der Waals surface area contributed by atoms with Gasteiger partial charge in [0.25, 0.3) is 0 Å². The van der Waals surface area contributed by atoms with Gasteiger partial charge in [0, 0.05) is 16.7 Å². The Balaban J connectivity index is 1.94. The van der Waals surface area contributed by atoms with Gasteiger partial charge in [-0.2, -0.15) is 0 Å². The summed E-state index contributed by atoms with van der Waals surface area (Å²) in [5.74, 6) is 5.63. The van der Waals surface area contributed by atoms with Crippen LogP contribution in [-0.4, -0.2) is 27.8 Å². The molecule has 4 rings (SSSR count). The summed E-state index contributed by atoms with van der Waals surface area (Å²) >= 11 is 0. The topological polar surface area (TPSA) is 56.5 Å². The lowest BCUT2D eigenvalue weighted by atomic mass is 9.98. The first-order valence-corrected chi connectivity index (χ1v) is 9.13. The number of aromatic nitrogens is 2. The Morgan fingerprint density at radius 3 is 2.79 bits per heavy atom. The molecule has 0 fully saturated rings. The van der Waals surface area contributed by atoms with Gasteiger partial charge in [0.2, 0.25) is 0 Å². The van der Waals surface area contributed by atoms with Crippen LogP contribution in [0.5, 0.6) is 0 Å². The second-order valence-corrected chi connectivity index (χ2v) is 6.27. The van der Waals surface area contributed by atoms with Gasteiger partial charge in [-0.25, -0.2) is 9.78 Å². The number of ether oxygens (including phenoxy) is 1. The lowest BCUT2D eigenvalue weighted by Gasteiger charge is -2.12. The predicted octanol–water partition coefficient (Wildman–Crippen LogP) is 3.77. The number of nitrogens with zero attached hydrogens (tertiary/aromatic N) is 3. The van der Waals surface area contributed by atoms with Gasteiger partial charge in [0.05, 0.1) is 30.2 Å². The van der Waals surface area contributed by atoms with Crippen LogP contribution in [0.25, 0.3) is 5.69 Å². The number of hydrogen-bond donors (Lipinski definition) is 0. The van der Waals surface area contributed by atoms with Crippen LogP contribution in [0.3, 0.4) is 0 Å². The summed E-state index contributed by atoms with van der Waals surface area (Å²) in [6.45, 7) is 4.24. The molecule has 0 aliphatic carbocycles. The normalized spacial score (nSPS) is 12.0. The fourth-order valence-electron chi connectivity index (χ4n) is 3.34. The number of carbonyl (C=O) groups excluding carboxylic acids is 1. The number of carbonyl (C=O) groups is 1. The first-order chi connectivity index (χ1) is 13.7. The summed E-state index contributed by atoms with van der Waals surface area (Å²) in [5.41, 5.74) is 5.70. The van der Waals surface area contributed by atoms with Crippen LogP contribution in [0.15, 0.2) is 59.9 Å². The molecule has 0 unspecified atom stereocenters. The number of imidazole rings is 1. The molecule has 3 aromatic rings. The maximum Gasteiger partial charge on any atom is 0.358 e. The Morgan fingerprint density at radius 2 is 2.04 bits per heavy atom. The van der Waals surface area contributed by atoms with Crippen molar-refractivity contribution < 1.29 is 9.53 Å². The minimum absolute atomic E-state index is 0.305. The molecule has 28 heavy (non-hydrogen) atoms. The van der Waals surface area contributed by atoms with E-state index < -0.39 is 5.97 Å². The van der Waals surface area contributed by atoms with Crippen LogP contribution < -0.4 is 0 Å². The molecule has 0 saturated heterocycles. The first-order valence-electron chi connectivity index (χ1n) is 9.13. The molecule has 2 aromatic carbocycles. The predicted molar refractivity (Wildman–Crippen MR) is 108 cm³/mol. The van der Waals surface area contributed by atoms with Crippen molar-refractivity contribution in [1.29, 1.82) is 0 Å². The van der Waals surface area contributed by atoms with Gasteiger partial charge in [0.1, 0.15) is 6.33 Å². The molecule has 0 amide bonds. The molecule has 5 nitrogen and oxygen atoms in total. The number of esters is 1. The maximum absolute atomic E-state index is 12.3. The third-order valence-electron chi connectivity index (χ3n) is 4.55. The molecule has 0 saturated carbocycles. The molecular formula is C23H19N3O2. The summed E-state index contributed by atoms with van der Waals surface area (Å²) < 4.78 is 7.08. The second-order valence-electron chi connectivity index (χ2n) is 6.27. The molecule has 2 heterocycles. The van der Waals surface area contributed by atoms with Crippen molar-refractivity contribution in [1.82, 2.24) is 9.55 Å². The molecule has 0 spiro atoms. The fourth-order valence-corrected chi connectivity index (χ4v) is 3.34. The number of hydrogen-bond acceptors (Lipinski definition) is 4. The molecule has 1 aliphatic rings. The third kappa shape index (κ3) is 3.10. The van der Waals surface area contributed by atoms with Crippen LogP contribution in [0.4, 0.5) is 0 Å². The van der Waals surface area contributed by atoms with Crippen molar-refractivity contribution in [3.8, 4) is 17.5 Å². The highest BCUT2D eigenvalue weighted by Gasteiger charge is 2.25. The van der Waals surface area contributed by atoms with Crippen LogP contribution in [0.2, 0.25) is 0 Å². The first kappa shape index (κ1) is 17.7. The molecule has 5 heteroatoms. The zero-order valence-corrected chi connectivity index (χ0v) is 15.8. The van der Waals surface area contributed by atoms with E-state index in [1.165, 1.54) is 0 Å². The quantitative estimate of drug-likeness (QED) is 0.522. The van der Waals surface area contributed by atoms with E-state index in [0.29, 0.717) is 18.8 Å². The third-order valence-corrected chi connectivity index (χ3v) is 4.55. The Morgan fingerprint density at radius 1 is 1.21 bits per heavy atom. The molecule has 0 atom stereocenters. The van der Waals surface area contributed by atoms with Gasteiger partial charge in [-0.3, -0.25) is 9.56 Å². The van der Waals surface area contributed by atoms with Crippen LogP contribution in [0.1, 0.15) is 46.7 Å². The van der Waals surface area contributed by atoms with Gasteiger partial charge in [-0.1, -0.05) is 36.3 Å². The monoisotopic (exact) mass is 369 g/mol. The molecular weight excluding hydrogens is 350 g/mol. The van der Waals surface area contributed by atoms with Crippen LogP contribution in [-0.2, 0) is 11.3 Å². The molecule has 0 bridgehead atoms. The van der Waals surface area contributed by atoms with Gasteiger partial charge in [-0.05, 0) is 32.0 Å². The van der Waals surface area contributed by atoms with E-state index in [0.717, 1.165) is 33.8 Å². The lowest BCUT2D eigenvalue weighted by molar-refractivity contribution is 0.0518. The highest BCUT2D eigenvalue weighted by Crippen LogP contribution is 2.27. The zero-order valence-electron chi connectivity index (χ0n) is 15.8. The smallest absolute Gasteiger partial charge is 0.358 e. The van der Waals surface area contributed by atoms with Gasteiger partial charge < -0.3 is 4.74 Å². The van der Waals surface area contributed by atoms with E-state index in [2.05, 4.69) is 16.8 Å². The summed E-state index contributed by atoms with van der Waals surface area (Å²) in [4.78, 5) is 21.5. The largest absolute Gasteiger partial charge is 0.461 e. The van der Waals surface area contributed by atoms with E-state index in [1.807, 2.05) is 60.0 Å². The van der Waals surface area contributed by atoms with Gasteiger partial charge in [-0.15, -0.1) is 5.92 Å². The zero-order chi connectivity index (χ0) is 19.5. The Hall–Kier alpha value is -3.65. The van der Waals surface area contributed by atoms with E-state index >= 15 is 0 Å². The number of benzene rings is 2. The van der Waals surface area contributed by atoms with Crippen molar-refractivity contribution in [2.75, 3.05) is 6.61 Å². The number of fused-ring (bicyclic) bond motifs is 3. The van der Waals surface area contributed by atoms with Crippen molar-refractivity contribution >= 4 is 11.7 Å². The molecule has 0 radical (unpaired) electrons. The number of aliphatic imine (C=N–C) groups is 1. The van der Waals surface area contributed by atoms with Gasteiger partial charge >= 0.3 is 5.97 Å². The van der Waals surface area contributed by atoms with Crippen molar-refractivity contribution in [2.45, 2.75) is 20.4 Å². The minimum atomic E-state index is -0.426. The lowest BCUT2D eigenvalue weighted by Crippen LogP contribution is -2.09. The Labute approximate surface area is 163 Å². The fraction of sp³-hybridized carbons (Fsp3) is 0.174. The molecule has 0 N–H and O–H groups in total. The Bertz CT molecular complexity index is 1130. The summed E-state index contributed by atoms with van der Waals surface area (Å²) in [7, 11) is 0. The van der Waals surface area contributed by atoms with Crippen LogP contribution in [0, 0.1) is 11.8 Å². The summed E-state index contributed by atoms with van der Waals surface area (Å²) in [6, 6.07) is 16.0. The van der Waals surface area contributed by atoms with E-state index in [-0.39, 0.29) is 0 Å². The number of rotatable bonds is 3. The van der Waals surface area contributed by atoms with E-state index in [1.54, 1.807) is 13.3 Å². The van der Waals surface area contributed by atoms with Gasteiger partial charge in [0.15, 0.2) is 5.69 Å². The SMILES string of the molecule is CC#Cc1ccc2c(c1)C(c1ccccc1)=NCc1c(C(=O)OCC)ncn1-2. The average molecular weight is 369 g/mol. The maximum atomic E-state index is 12.3.